The maximum Gasteiger partial charge on any atom is 0.223 e. The van der Waals surface area contributed by atoms with Gasteiger partial charge in [-0.2, -0.15) is 0 Å². The number of hydrogen-bond donors (Lipinski definition) is 0. The molecule has 1 aliphatic carbocycles. The van der Waals surface area contributed by atoms with Gasteiger partial charge >= 0.3 is 0 Å². The summed E-state index contributed by atoms with van der Waals surface area (Å²) in [5.74, 6) is 1.75. The zero-order valence-corrected chi connectivity index (χ0v) is 24.8. The van der Waals surface area contributed by atoms with Crippen LogP contribution in [0.3, 0.4) is 0 Å². The van der Waals surface area contributed by atoms with E-state index in [0.717, 1.165) is 49.5 Å². The zero-order chi connectivity index (χ0) is 29.0. The van der Waals surface area contributed by atoms with Gasteiger partial charge in [0.05, 0.1) is 21.3 Å². The van der Waals surface area contributed by atoms with Gasteiger partial charge in [-0.05, 0) is 81.0 Å². The van der Waals surface area contributed by atoms with Crippen LogP contribution in [-0.4, -0.2) is 9.97 Å². The second kappa shape index (κ2) is 8.76. The second-order valence-corrected chi connectivity index (χ2v) is 12.9. The van der Waals surface area contributed by atoms with Crippen LogP contribution in [0.25, 0.3) is 53.5 Å². The van der Waals surface area contributed by atoms with Crippen LogP contribution in [0.2, 0.25) is 5.28 Å². The smallest absolute Gasteiger partial charge is 0.223 e. The molecule has 0 bridgehead atoms. The summed E-state index contributed by atoms with van der Waals surface area (Å²) in [5.41, 5.74) is 9.40. The molecular weight excluding hydrogens is 580 g/mol. The van der Waals surface area contributed by atoms with E-state index in [1.54, 1.807) is 11.3 Å². The summed E-state index contributed by atoms with van der Waals surface area (Å²) in [6.45, 7) is 0. The van der Waals surface area contributed by atoms with E-state index in [1.807, 2.05) is 6.07 Å². The highest BCUT2D eigenvalue weighted by Gasteiger charge is 2.51. The van der Waals surface area contributed by atoms with E-state index >= 15 is 0 Å². The Bertz CT molecular complexity index is 2470. The first kappa shape index (κ1) is 24.4. The van der Waals surface area contributed by atoms with Gasteiger partial charge in [0.15, 0.2) is 0 Å². The maximum atomic E-state index is 6.62. The molecule has 0 saturated heterocycles. The molecule has 5 heteroatoms. The van der Waals surface area contributed by atoms with Gasteiger partial charge in [0.2, 0.25) is 5.28 Å². The topological polar surface area (TPSA) is 35.0 Å². The fraction of sp³-hybridized carbons (Fsp3) is 0.0256. The Morgan fingerprint density at radius 2 is 1.25 bits per heavy atom. The Morgan fingerprint density at radius 3 is 2.05 bits per heavy atom. The van der Waals surface area contributed by atoms with Crippen molar-refractivity contribution >= 4 is 54.0 Å². The molecule has 0 radical (unpaired) electrons. The van der Waals surface area contributed by atoms with Crippen LogP contribution in [0, 0.1) is 0 Å². The van der Waals surface area contributed by atoms with E-state index in [2.05, 4.69) is 126 Å². The van der Waals surface area contributed by atoms with Crippen molar-refractivity contribution in [1.82, 2.24) is 9.97 Å². The van der Waals surface area contributed by atoms with E-state index < -0.39 is 5.41 Å². The number of aromatic nitrogens is 2. The lowest BCUT2D eigenvalue weighted by atomic mass is 9.65. The molecule has 206 valence electrons. The van der Waals surface area contributed by atoms with Gasteiger partial charge in [0.1, 0.15) is 11.5 Å². The van der Waals surface area contributed by atoms with Gasteiger partial charge < -0.3 is 4.74 Å². The summed E-state index contributed by atoms with van der Waals surface area (Å²) in [5, 5.41) is 3.79. The first-order valence-electron chi connectivity index (χ1n) is 14.6. The Labute approximate surface area is 262 Å². The molecule has 1 aliphatic heterocycles. The largest absolute Gasteiger partial charge is 0.457 e. The van der Waals surface area contributed by atoms with Crippen LogP contribution in [-0.2, 0) is 5.41 Å². The third-order valence-corrected chi connectivity index (χ3v) is 10.6. The lowest BCUT2D eigenvalue weighted by Crippen LogP contribution is -2.32. The molecule has 8 aromatic rings. The minimum Gasteiger partial charge on any atom is -0.457 e. The third-order valence-electron chi connectivity index (χ3n) is 9.27. The average Bonchev–Trinajstić information content (AvgIpc) is 3.57. The van der Waals surface area contributed by atoms with Crippen molar-refractivity contribution in [1.29, 1.82) is 0 Å². The minimum absolute atomic E-state index is 0.252. The van der Waals surface area contributed by atoms with Crippen LogP contribution in [0.15, 0.2) is 127 Å². The molecule has 1 spiro atoms. The fourth-order valence-electron chi connectivity index (χ4n) is 7.49. The predicted octanol–water partition coefficient (Wildman–Crippen LogP) is 10.8. The van der Waals surface area contributed by atoms with E-state index in [9.17, 15) is 0 Å². The summed E-state index contributed by atoms with van der Waals surface area (Å²) in [6.07, 6.45) is 0. The van der Waals surface area contributed by atoms with Crippen molar-refractivity contribution in [2.75, 3.05) is 0 Å². The highest BCUT2D eigenvalue weighted by Crippen LogP contribution is 2.63. The van der Waals surface area contributed by atoms with Gasteiger partial charge in [-0.25, -0.2) is 9.97 Å². The molecular formula is C39H21ClN2OS. The SMILES string of the molecule is Clc1nc(-c2ccc3c(c2)C2(c4ccccc4Oc4ccccc42)c2cc4ccccc4cc2-3)c2sc3ccccc3c2n1. The molecule has 0 saturated carbocycles. The van der Waals surface area contributed by atoms with Crippen LogP contribution in [0.1, 0.15) is 22.3 Å². The molecule has 0 fully saturated rings. The Hall–Kier alpha value is -5.03. The van der Waals surface area contributed by atoms with Gasteiger partial charge in [0.25, 0.3) is 0 Å². The first-order chi connectivity index (χ1) is 21.7. The zero-order valence-electron chi connectivity index (χ0n) is 23.2. The molecule has 44 heavy (non-hydrogen) atoms. The predicted molar refractivity (Wildman–Crippen MR) is 180 cm³/mol. The number of benzene rings is 6. The van der Waals surface area contributed by atoms with Crippen molar-refractivity contribution in [3.63, 3.8) is 0 Å². The standard InChI is InChI=1S/C39H21ClN2OS/c40-38-41-35(37-36(42-38)26-11-3-8-16-34(26)44-37)24-17-18-25-27-19-22-9-1-2-10-23(22)20-31(27)39(30(25)21-24)28-12-4-6-14-32(28)43-33-15-7-5-13-29(33)39/h1-21H. The molecule has 10 rings (SSSR count). The molecule has 0 atom stereocenters. The van der Waals surface area contributed by atoms with Crippen molar-refractivity contribution < 1.29 is 4.74 Å². The summed E-state index contributed by atoms with van der Waals surface area (Å²) in [7, 11) is 0. The van der Waals surface area contributed by atoms with Crippen LogP contribution in [0.5, 0.6) is 11.5 Å². The molecule has 0 amide bonds. The third kappa shape index (κ3) is 3.11. The molecule has 6 aromatic carbocycles. The van der Waals surface area contributed by atoms with E-state index in [4.69, 9.17) is 21.3 Å². The summed E-state index contributed by atoms with van der Waals surface area (Å²) >= 11 is 8.34. The Morgan fingerprint density at radius 1 is 0.591 bits per heavy atom. The van der Waals surface area contributed by atoms with Gasteiger partial charge in [-0.1, -0.05) is 91.0 Å². The van der Waals surface area contributed by atoms with Gasteiger partial charge in [0, 0.05) is 26.8 Å². The number of ether oxygens (including phenoxy) is 1. The number of para-hydroxylation sites is 2. The number of fused-ring (bicyclic) bond motifs is 13. The van der Waals surface area contributed by atoms with E-state index in [1.165, 1.54) is 37.7 Å². The van der Waals surface area contributed by atoms with E-state index in [-0.39, 0.29) is 5.28 Å². The Balaban J connectivity index is 1.35. The maximum absolute atomic E-state index is 6.62. The number of rotatable bonds is 1. The normalized spacial score (nSPS) is 13.9. The molecule has 0 N–H and O–H groups in total. The molecule has 2 aliphatic rings. The summed E-state index contributed by atoms with van der Waals surface area (Å²) < 4.78 is 8.78. The second-order valence-electron chi connectivity index (χ2n) is 11.5. The van der Waals surface area contributed by atoms with Gasteiger partial charge in [-0.3, -0.25) is 0 Å². The van der Waals surface area contributed by atoms with Crippen LogP contribution < -0.4 is 4.74 Å². The first-order valence-corrected chi connectivity index (χ1v) is 15.8. The van der Waals surface area contributed by atoms with Crippen molar-refractivity contribution in [3.05, 3.63) is 155 Å². The number of nitrogens with zero attached hydrogens (tertiary/aromatic N) is 2. The summed E-state index contributed by atoms with van der Waals surface area (Å²) in [4.78, 5) is 9.53. The number of halogens is 1. The Kier molecular flexibility index (Phi) is 4.86. The highest BCUT2D eigenvalue weighted by atomic mass is 35.5. The monoisotopic (exact) mass is 600 g/mol. The molecule has 3 nitrogen and oxygen atoms in total. The van der Waals surface area contributed by atoms with Crippen LogP contribution >= 0.6 is 22.9 Å². The van der Waals surface area contributed by atoms with Crippen molar-refractivity contribution in [2.45, 2.75) is 5.41 Å². The minimum atomic E-state index is -0.577. The van der Waals surface area contributed by atoms with Gasteiger partial charge in [-0.15, -0.1) is 11.3 Å². The van der Waals surface area contributed by atoms with E-state index in [0.29, 0.717) is 0 Å². The quantitative estimate of drug-likeness (QED) is 0.176. The highest BCUT2D eigenvalue weighted by molar-refractivity contribution is 7.26. The average molecular weight is 601 g/mol. The molecule has 3 heterocycles. The molecule has 0 unspecified atom stereocenters. The fourth-order valence-corrected chi connectivity index (χ4v) is 8.81. The summed E-state index contributed by atoms with van der Waals surface area (Å²) in [6, 6.07) is 45.4. The number of hydrogen-bond acceptors (Lipinski definition) is 4. The molecule has 2 aromatic heterocycles. The van der Waals surface area contributed by atoms with Crippen molar-refractivity contribution in [3.8, 4) is 33.9 Å². The van der Waals surface area contributed by atoms with Crippen LogP contribution in [0.4, 0.5) is 0 Å². The number of thiophene rings is 1. The van der Waals surface area contributed by atoms with Crippen molar-refractivity contribution in [2.24, 2.45) is 0 Å². The lowest BCUT2D eigenvalue weighted by Gasteiger charge is -2.39. The lowest BCUT2D eigenvalue weighted by molar-refractivity contribution is 0.436.